The molecule has 3 aromatic rings. The highest BCUT2D eigenvalue weighted by Crippen LogP contribution is 2.25. The second kappa shape index (κ2) is 7.77. The molecule has 0 bridgehead atoms. The van der Waals surface area contributed by atoms with Gasteiger partial charge in [0.15, 0.2) is 0 Å². The van der Waals surface area contributed by atoms with E-state index in [4.69, 9.17) is 23.2 Å². The van der Waals surface area contributed by atoms with E-state index in [1.807, 2.05) is 31.2 Å². The first-order valence-electron chi connectivity index (χ1n) is 7.96. The van der Waals surface area contributed by atoms with Crippen molar-refractivity contribution < 1.29 is 4.79 Å². The lowest BCUT2D eigenvalue weighted by Gasteiger charge is -2.22. The number of halogens is 2. The number of carbonyl (C=O) groups is 1. The molecule has 0 saturated heterocycles. The van der Waals surface area contributed by atoms with Gasteiger partial charge in [0, 0.05) is 12.3 Å². The Morgan fingerprint density at radius 3 is 2.35 bits per heavy atom. The van der Waals surface area contributed by atoms with E-state index in [0.717, 1.165) is 11.1 Å². The molecule has 6 heteroatoms. The van der Waals surface area contributed by atoms with Gasteiger partial charge >= 0.3 is 0 Å². The van der Waals surface area contributed by atoms with Gasteiger partial charge in [-0.25, -0.2) is 0 Å². The highest BCUT2D eigenvalue weighted by atomic mass is 35.5. The van der Waals surface area contributed by atoms with Crippen LogP contribution in [0, 0.1) is 6.92 Å². The smallest absolute Gasteiger partial charge is 0.256 e. The van der Waals surface area contributed by atoms with Gasteiger partial charge in [-0.1, -0.05) is 65.2 Å². The number of nitrogens with one attached hydrogen (secondary N) is 1. The summed E-state index contributed by atoms with van der Waals surface area (Å²) >= 11 is 12.3. The highest BCUT2D eigenvalue weighted by molar-refractivity contribution is 6.39. The third-order valence-corrected chi connectivity index (χ3v) is 4.57. The zero-order valence-corrected chi connectivity index (χ0v) is 15.5. The molecule has 1 heterocycles. The largest absolute Gasteiger partial charge is 0.327 e. The van der Waals surface area contributed by atoms with Gasteiger partial charge in [-0.3, -0.25) is 14.2 Å². The number of benzene rings is 2. The molecule has 0 fully saturated rings. The van der Waals surface area contributed by atoms with E-state index in [-0.39, 0.29) is 21.2 Å². The van der Waals surface area contributed by atoms with Gasteiger partial charge in [-0.15, -0.1) is 0 Å². The molecule has 1 amide bonds. The lowest BCUT2D eigenvalue weighted by Crippen LogP contribution is -2.38. The first-order chi connectivity index (χ1) is 12.5. The molecule has 1 unspecified atom stereocenters. The lowest BCUT2D eigenvalue weighted by atomic mass is 10.1. The fourth-order valence-electron chi connectivity index (χ4n) is 2.72. The van der Waals surface area contributed by atoms with Crippen LogP contribution >= 0.6 is 23.2 Å². The quantitative estimate of drug-likeness (QED) is 0.720. The zero-order chi connectivity index (χ0) is 18.7. The molecule has 0 aliphatic carbocycles. The molecular weight excluding hydrogens is 371 g/mol. The number of pyridine rings is 1. The van der Waals surface area contributed by atoms with Crippen LogP contribution in [-0.4, -0.2) is 10.5 Å². The van der Waals surface area contributed by atoms with Gasteiger partial charge in [0.2, 0.25) is 0 Å². The minimum absolute atomic E-state index is 0.178. The van der Waals surface area contributed by atoms with Crippen molar-refractivity contribution in [2.75, 3.05) is 0 Å². The Bertz CT molecular complexity index is 994. The normalized spacial score (nSPS) is 11.8. The highest BCUT2D eigenvalue weighted by Gasteiger charge is 2.21. The topological polar surface area (TPSA) is 51.1 Å². The van der Waals surface area contributed by atoms with Crippen molar-refractivity contribution in [1.82, 2.24) is 9.88 Å². The summed E-state index contributed by atoms with van der Waals surface area (Å²) in [4.78, 5) is 25.2. The molecule has 1 atom stereocenters. The fraction of sp³-hybridized carbons (Fsp3) is 0.100. The summed E-state index contributed by atoms with van der Waals surface area (Å²) in [7, 11) is 0. The molecule has 4 nitrogen and oxygen atoms in total. The third-order valence-electron chi connectivity index (χ3n) is 3.94. The molecule has 26 heavy (non-hydrogen) atoms. The summed E-state index contributed by atoms with van der Waals surface area (Å²) in [5.41, 5.74) is 1.73. The standard InChI is InChI=1S/C20H16Cl2N2O2/c1-13-6-4-7-14(12-13)19(24-11-3-2-10-17(24)25)23-20(26)18-15(21)8-5-9-16(18)22/h2-12,19H,1H3,(H,23,26). The molecule has 132 valence electrons. The van der Waals surface area contributed by atoms with Crippen LogP contribution in [0.1, 0.15) is 27.7 Å². The number of carbonyl (C=O) groups excluding carboxylic acids is 1. The summed E-state index contributed by atoms with van der Waals surface area (Å²) in [5.74, 6) is -0.456. The van der Waals surface area contributed by atoms with E-state index in [1.165, 1.54) is 10.6 Å². The predicted octanol–water partition coefficient (Wildman–Crippen LogP) is 4.44. The molecule has 0 radical (unpaired) electrons. The van der Waals surface area contributed by atoms with Gasteiger partial charge in [0.25, 0.3) is 11.5 Å². The summed E-state index contributed by atoms with van der Waals surface area (Å²) < 4.78 is 1.46. The molecule has 1 aromatic heterocycles. The summed E-state index contributed by atoms with van der Waals surface area (Å²) in [6.07, 6.45) is 0.938. The average Bonchev–Trinajstić information content (AvgIpc) is 2.60. The van der Waals surface area contributed by atoms with Crippen molar-refractivity contribution in [2.24, 2.45) is 0 Å². The van der Waals surface area contributed by atoms with E-state index in [9.17, 15) is 9.59 Å². The number of hydrogen-bond acceptors (Lipinski definition) is 2. The van der Waals surface area contributed by atoms with Gasteiger partial charge in [-0.05, 0) is 30.7 Å². The molecule has 0 spiro atoms. The average molecular weight is 387 g/mol. The maximum Gasteiger partial charge on any atom is 0.256 e. The van der Waals surface area contributed by atoms with Gasteiger partial charge in [0.05, 0.1) is 15.6 Å². The summed E-state index contributed by atoms with van der Waals surface area (Å²) in [6.45, 7) is 1.95. The first kappa shape index (κ1) is 18.2. The van der Waals surface area contributed by atoms with Crippen LogP contribution in [0.15, 0.2) is 71.7 Å². The van der Waals surface area contributed by atoms with Gasteiger partial charge in [0.1, 0.15) is 6.17 Å². The Balaban J connectivity index is 2.06. The van der Waals surface area contributed by atoms with Crippen molar-refractivity contribution in [3.05, 3.63) is 104 Å². The van der Waals surface area contributed by atoms with Crippen molar-refractivity contribution in [2.45, 2.75) is 13.1 Å². The zero-order valence-electron chi connectivity index (χ0n) is 13.9. The van der Waals surface area contributed by atoms with E-state index in [0.29, 0.717) is 0 Å². The van der Waals surface area contributed by atoms with E-state index < -0.39 is 12.1 Å². The van der Waals surface area contributed by atoms with Crippen LogP contribution < -0.4 is 10.9 Å². The maximum absolute atomic E-state index is 12.8. The van der Waals surface area contributed by atoms with Crippen molar-refractivity contribution in [3.8, 4) is 0 Å². The summed E-state index contributed by atoms with van der Waals surface area (Å²) in [5, 5.41) is 3.37. The molecular formula is C20H16Cl2N2O2. The van der Waals surface area contributed by atoms with Crippen LogP contribution in [0.3, 0.4) is 0 Å². The van der Waals surface area contributed by atoms with Crippen LogP contribution in [0.5, 0.6) is 0 Å². The number of rotatable bonds is 4. The van der Waals surface area contributed by atoms with Crippen LogP contribution in [0.2, 0.25) is 10.0 Å². The number of nitrogens with zero attached hydrogens (tertiary/aromatic N) is 1. The monoisotopic (exact) mass is 386 g/mol. The maximum atomic E-state index is 12.8. The van der Waals surface area contributed by atoms with E-state index >= 15 is 0 Å². The third kappa shape index (κ3) is 3.82. The molecule has 2 aromatic carbocycles. The fourth-order valence-corrected chi connectivity index (χ4v) is 3.29. The Morgan fingerprint density at radius 2 is 1.69 bits per heavy atom. The van der Waals surface area contributed by atoms with Crippen molar-refractivity contribution in [3.63, 3.8) is 0 Å². The van der Waals surface area contributed by atoms with E-state index in [1.54, 1.807) is 36.5 Å². The first-order valence-corrected chi connectivity index (χ1v) is 8.71. The van der Waals surface area contributed by atoms with Crippen LogP contribution in [-0.2, 0) is 0 Å². The number of amides is 1. The number of aromatic nitrogens is 1. The van der Waals surface area contributed by atoms with E-state index in [2.05, 4.69) is 5.32 Å². The second-order valence-electron chi connectivity index (χ2n) is 5.83. The Hall–Kier alpha value is -2.56. The van der Waals surface area contributed by atoms with Gasteiger partial charge in [-0.2, -0.15) is 0 Å². The lowest BCUT2D eigenvalue weighted by molar-refractivity contribution is 0.0929. The Labute approximate surface area is 161 Å². The Kier molecular flexibility index (Phi) is 5.45. The molecule has 3 rings (SSSR count). The number of aryl methyl sites for hydroxylation is 1. The number of hydrogen-bond donors (Lipinski definition) is 1. The van der Waals surface area contributed by atoms with Crippen molar-refractivity contribution in [1.29, 1.82) is 0 Å². The minimum Gasteiger partial charge on any atom is -0.327 e. The molecule has 0 aliphatic heterocycles. The van der Waals surface area contributed by atoms with Gasteiger partial charge < -0.3 is 5.32 Å². The molecule has 0 aliphatic rings. The minimum atomic E-state index is -0.691. The predicted molar refractivity (Wildman–Crippen MR) is 104 cm³/mol. The molecule has 1 N–H and O–H groups in total. The van der Waals surface area contributed by atoms with Crippen LogP contribution in [0.4, 0.5) is 0 Å². The summed E-state index contributed by atoms with van der Waals surface area (Å²) in [6, 6.07) is 17.3. The SMILES string of the molecule is Cc1cccc(C(NC(=O)c2c(Cl)cccc2Cl)n2ccccc2=O)c1. The van der Waals surface area contributed by atoms with Crippen LogP contribution in [0.25, 0.3) is 0 Å². The van der Waals surface area contributed by atoms with Crippen molar-refractivity contribution >= 4 is 29.1 Å². The Morgan fingerprint density at radius 1 is 1.00 bits per heavy atom. The molecule has 0 saturated carbocycles. The second-order valence-corrected chi connectivity index (χ2v) is 6.65.